The van der Waals surface area contributed by atoms with Gasteiger partial charge in [-0.05, 0) is 61.6 Å². The van der Waals surface area contributed by atoms with Crippen molar-refractivity contribution >= 4 is 31.9 Å². The third kappa shape index (κ3) is 6.65. The van der Waals surface area contributed by atoms with Crippen molar-refractivity contribution in [2.24, 2.45) is 0 Å². The third-order valence-electron chi connectivity index (χ3n) is 5.55. The fourth-order valence-corrected chi connectivity index (χ4v) is 5.32. The lowest BCUT2D eigenvalue weighted by Crippen LogP contribution is -2.36. The van der Waals surface area contributed by atoms with E-state index in [0.717, 1.165) is 41.3 Å². The number of hydrogen-bond acceptors (Lipinski definition) is 3. The van der Waals surface area contributed by atoms with Crippen LogP contribution in [0.4, 0.5) is 0 Å². The maximum absolute atomic E-state index is 12.6. The van der Waals surface area contributed by atoms with E-state index in [1.165, 1.54) is 6.42 Å². The predicted octanol–water partition coefficient (Wildman–Crippen LogP) is 4.87. The Morgan fingerprint density at radius 1 is 1.03 bits per heavy atom. The average molecular weight is 493 g/mol. The highest BCUT2D eigenvalue weighted by Gasteiger charge is 2.21. The Morgan fingerprint density at radius 2 is 1.67 bits per heavy atom. The zero-order valence-corrected chi connectivity index (χ0v) is 19.6. The number of amides is 1. The Balaban J connectivity index is 1.50. The maximum Gasteiger partial charge on any atom is 0.240 e. The largest absolute Gasteiger partial charge is 0.350 e. The quantitative estimate of drug-likeness (QED) is 0.551. The van der Waals surface area contributed by atoms with E-state index < -0.39 is 10.0 Å². The number of benzene rings is 2. The van der Waals surface area contributed by atoms with Gasteiger partial charge in [-0.1, -0.05) is 59.5 Å². The summed E-state index contributed by atoms with van der Waals surface area (Å²) >= 11 is 3.41. The second-order valence-electron chi connectivity index (χ2n) is 7.94. The summed E-state index contributed by atoms with van der Waals surface area (Å²) < 4.78 is 29.0. The third-order valence-corrected chi connectivity index (χ3v) is 7.61. The highest BCUT2D eigenvalue weighted by molar-refractivity contribution is 9.10. The number of carbonyl (C=O) groups excluding carboxylic acids is 1. The Morgan fingerprint density at radius 3 is 2.30 bits per heavy atom. The molecule has 7 heteroatoms. The summed E-state index contributed by atoms with van der Waals surface area (Å²) in [5, 5.41) is 3.01. The molecule has 2 aromatic carbocycles. The average Bonchev–Trinajstić information content (AvgIpc) is 2.73. The van der Waals surface area contributed by atoms with Crippen LogP contribution in [-0.2, 0) is 21.2 Å². The molecule has 162 valence electrons. The van der Waals surface area contributed by atoms with Gasteiger partial charge in [-0.25, -0.2) is 13.1 Å². The first-order valence-electron chi connectivity index (χ1n) is 10.5. The van der Waals surface area contributed by atoms with Gasteiger partial charge < -0.3 is 5.32 Å². The molecule has 2 aromatic rings. The minimum Gasteiger partial charge on any atom is -0.350 e. The van der Waals surface area contributed by atoms with Gasteiger partial charge in [0, 0.05) is 16.9 Å². The van der Waals surface area contributed by atoms with Gasteiger partial charge in [0.25, 0.3) is 0 Å². The van der Waals surface area contributed by atoms with Gasteiger partial charge in [0.05, 0.1) is 10.9 Å². The fraction of sp³-hybridized carbons (Fsp3) is 0.435. The molecule has 2 N–H and O–H groups in total. The minimum atomic E-state index is -3.49. The molecule has 0 bridgehead atoms. The van der Waals surface area contributed by atoms with Crippen LogP contribution in [0.2, 0.25) is 0 Å². The normalized spacial score (nSPS) is 16.2. The molecule has 1 saturated carbocycles. The van der Waals surface area contributed by atoms with Crippen LogP contribution >= 0.6 is 15.9 Å². The van der Waals surface area contributed by atoms with E-state index in [1.807, 2.05) is 31.2 Å². The van der Waals surface area contributed by atoms with Crippen LogP contribution in [0.15, 0.2) is 57.9 Å². The molecule has 0 heterocycles. The van der Waals surface area contributed by atoms with Crippen molar-refractivity contribution in [2.45, 2.75) is 68.8 Å². The minimum absolute atomic E-state index is 0.0268. The molecule has 3 rings (SSSR count). The number of halogens is 1. The molecule has 1 fully saturated rings. The predicted molar refractivity (Wildman–Crippen MR) is 123 cm³/mol. The first kappa shape index (κ1) is 23.0. The summed E-state index contributed by atoms with van der Waals surface area (Å²) in [6.07, 6.45) is 6.07. The number of nitrogens with one attached hydrogen (secondary N) is 2. The number of carbonyl (C=O) groups is 1. The molecule has 1 amide bonds. The molecule has 1 aliphatic rings. The second kappa shape index (κ2) is 10.6. The SMILES string of the molecule is CC(NC(=O)CCc1ccc(S(=O)(=O)NC2CCCCC2)cc1)c1ccc(Br)cc1. The number of aryl methyl sites for hydroxylation is 1. The lowest BCUT2D eigenvalue weighted by atomic mass is 9.96. The topological polar surface area (TPSA) is 75.3 Å². The van der Waals surface area contributed by atoms with Crippen LogP contribution < -0.4 is 10.0 Å². The number of sulfonamides is 1. The molecule has 0 saturated heterocycles. The van der Waals surface area contributed by atoms with E-state index in [9.17, 15) is 13.2 Å². The Kier molecular flexibility index (Phi) is 8.08. The van der Waals surface area contributed by atoms with Gasteiger partial charge in [-0.15, -0.1) is 0 Å². The van der Waals surface area contributed by atoms with E-state index in [-0.39, 0.29) is 22.9 Å². The molecule has 0 radical (unpaired) electrons. The van der Waals surface area contributed by atoms with Crippen molar-refractivity contribution in [3.05, 3.63) is 64.1 Å². The summed E-state index contributed by atoms with van der Waals surface area (Å²) in [6, 6.07) is 14.7. The Bertz CT molecular complexity index is 937. The summed E-state index contributed by atoms with van der Waals surface area (Å²) in [7, 11) is -3.49. The van der Waals surface area contributed by atoms with Crippen LogP contribution in [0.1, 0.15) is 62.6 Å². The van der Waals surface area contributed by atoms with E-state index >= 15 is 0 Å². The summed E-state index contributed by atoms with van der Waals surface area (Å²) in [4.78, 5) is 12.6. The summed E-state index contributed by atoms with van der Waals surface area (Å²) in [5.41, 5.74) is 1.99. The Labute approximate surface area is 187 Å². The van der Waals surface area contributed by atoms with Crippen LogP contribution in [0.5, 0.6) is 0 Å². The van der Waals surface area contributed by atoms with E-state index in [0.29, 0.717) is 12.8 Å². The lowest BCUT2D eigenvalue weighted by molar-refractivity contribution is -0.121. The van der Waals surface area contributed by atoms with Gasteiger partial charge in [0.2, 0.25) is 15.9 Å². The van der Waals surface area contributed by atoms with E-state index in [2.05, 4.69) is 26.0 Å². The van der Waals surface area contributed by atoms with Gasteiger partial charge in [0.1, 0.15) is 0 Å². The van der Waals surface area contributed by atoms with Gasteiger partial charge >= 0.3 is 0 Å². The van der Waals surface area contributed by atoms with Gasteiger partial charge in [-0.3, -0.25) is 4.79 Å². The Hall–Kier alpha value is -1.70. The van der Waals surface area contributed by atoms with Crippen LogP contribution in [0.3, 0.4) is 0 Å². The molecule has 1 atom stereocenters. The lowest BCUT2D eigenvalue weighted by Gasteiger charge is -2.22. The van der Waals surface area contributed by atoms with Crippen LogP contribution in [0, 0.1) is 0 Å². The first-order chi connectivity index (χ1) is 14.3. The van der Waals surface area contributed by atoms with Gasteiger partial charge in [-0.2, -0.15) is 0 Å². The molecule has 5 nitrogen and oxygen atoms in total. The van der Waals surface area contributed by atoms with Crippen molar-refractivity contribution in [3.8, 4) is 0 Å². The second-order valence-corrected chi connectivity index (χ2v) is 10.6. The molecule has 1 unspecified atom stereocenters. The number of rotatable bonds is 8. The van der Waals surface area contributed by atoms with Crippen molar-refractivity contribution in [2.75, 3.05) is 0 Å². The van der Waals surface area contributed by atoms with Crippen molar-refractivity contribution in [1.29, 1.82) is 0 Å². The maximum atomic E-state index is 12.6. The summed E-state index contributed by atoms with van der Waals surface area (Å²) in [5.74, 6) is -0.0268. The molecular formula is C23H29BrN2O3S. The van der Waals surface area contributed by atoms with E-state index in [4.69, 9.17) is 0 Å². The van der Waals surface area contributed by atoms with Crippen molar-refractivity contribution in [1.82, 2.24) is 10.0 Å². The zero-order chi connectivity index (χ0) is 21.6. The van der Waals surface area contributed by atoms with Crippen LogP contribution in [-0.4, -0.2) is 20.4 Å². The molecular weight excluding hydrogens is 464 g/mol. The first-order valence-corrected chi connectivity index (χ1v) is 12.8. The van der Waals surface area contributed by atoms with E-state index in [1.54, 1.807) is 24.3 Å². The molecule has 0 aromatic heterocycles. The van der Waals surface area contributed by atoms with Crippen molar-refractivity contribution < 1.29 is 13.2 Å². The van der Waals surface area contributed by atoms with Gasteiger partial charge in [0.15, 0.2) is 0 Å². The molecule has 0 spiro atoms. The molecule has 30 heavy (non-hydrogen) atoms. The smallest absolute Gasteiger partial charge is 0.240 e. The molecule has 0 aliphatic heterocycles. The number of hydrogen-bond donors (Lipinski definition) is 2. The summed E-state index contributed by atoms with van der Waals surface area (Å²) in [6.45, 7) is 1.96. The molecule has 1 aliphatic carbocycles. The standard InChI is InChI=1S/C23H29BrN2O3S/c1-17(19-10-12-20(24)13-11-19)25-23(27)16-9-18-7-14-22(15-8-18)30(28,29)26-21-5-3-2-4-6-21/h7-8,10-15,17,21,26H,2-6,9,16H2,1H3,(H,25,27). The van der Waals surface area contributed by atoms with Crippen LogP contribution in [0.25, 0.3) is 0 Å². The monoisotopic (exact) mass is 492 g/mol. The highest BCUT2D eigenvalue weighted by atomic mass is 79.9. The van der Waals surface area contributed by atoms with Crippen molar-refractivity contribution in [3.63, 3.8) is 0 Å². The fourth-order valence-electron chi connectivity index (χ4n) is 3.75. The highest BCUT2D eigenvalue weighted by Crippen LogP contribution is 2.21. The zero-order valence-electron chi connectivity index (χ0n) is 17.2.